The van der Waals surface area contributed by atoms with Gasteiger partial charge < -0.3 is 4.90 Å². The topological polar surface area (TPSA) is 106 Å². The Kier molecular flexibility index (Phi) is 6.04. The molecule has 34 heavy (non-hydrogen) atoms. The van der Waals surface area contributed by atoms with Crippen molar-refractivity contribution in [1.29, 1.82) is 0 Å². The van der Waals surface area contributed by atoms with Crippen molar-refractivity contribution in [3.8, 4) is 5.69 Å². The lowest BCUT2D eigenvalue weighted by Gasteiger charge is -2.33. The quantitative estimate of drug-likeness (QED) is 0.421. The second-order valence-corrected chi connectivity index (χ2v) is 9.51. The van der Waals surface area contributed by atoms with Gasteiger partial charge in [0.1, 0.15) is 0 Å². The Hall–Kier alpha value is -3.32. The molecule has 1 atom stereocenters. The highest BCUT2D eigenvalue weighted by molar-refractivity contribution is 7.99. The van der Waals surface area contributed by atoms with Crippen molar-refractivity contribution in [3.63, 3.8) is 0 Å². The van der Waals surface area contributed by atoms with Crippen LogP contribution >= 0.6 is 11.8 Å². The van der Waals surface area contributed by atoms with Crippen LogP contribution in [0, 0.1) is 0 Å². The van der Waals surface area contributed by atoms with E-state index < -0.39 is 6.04 Å². The fourth-order valence-corrected chi connectivity index (χ4v) is 5.14. The summed E-state index contributed by atoms with van der Waals surface area (Å²) in [5.74, 6) is 1.61. The maximum atomic E-state index is 13.2. The number of guanidine groups is 1. The normalized spacial score (nSPS) is 21.4. The Morgan fingerprint density at radius 3 is 2.53 bits per heavy atom. The molecular formula is C21H27N10O2S+. The maximum absolute atomic E-state index is 13.2. The average Bonchev–Trinajstić information content (AvgIpc) is 3.48. The lowest BCUT2D eigenvalue weighted by atomic mass is 10.1. The number of piperazine rings is 1. The van der Waals surface area contributed by atoms with Gasteiger partial charge in [-0.3, -0.25) is 19.2 Å². The number of urea groups is 1. The minimum atomic E-state index is -0.618. The second kappa shape index (κ2) is 9.14. The summed E-state index contributed by atoms with van der Waals surface area (Å²) in [6, 6.07) is 8.74. The van der Waals surface area contributed by atoms with E-state index in [9.17, 15) is 9.59 Å². The molecule has 0 N–H and O–H groups in total. The molecule has 2 saturated heterocycles. The number of thioether (sulfide) groups is 1. The number of amidine groups is 1. The van der Waals surface area contributed by atoms with Crippen LogP contribution in [0.2, 0.25) is 0 Å². The van der Waals surface area contributed by atoms with Crippen LogP contribution in [0.4, 0.5) is 4.79 Å². The van der Waals surface area contributed by atoms with Crippen LogP contribution in [0.5, 0.6) is 0 Å². The minimum Gasteiger partial charge on any atom is -0.300 e. The third kappa shape index (κ3) is 3.94. The number of amides is 3. The Balaban J connectivity index is 1.39. The van der Waals surface area contributed by atoms with Gasteiger partial charge in [0, 0.05) is 32.9 Å². The Bertz CT molecular complexity index is 1150. The number of likely N-dealkylation sites (N-methyl/N-ethyl adjacent to an activating group) is 3. The first-order valence-corrected chi connectivity index (χ1v) is 12.1. The van der Waals surface area contributed by atoms with Crippen LogP contribution in [-0.4, -0.2) is 134 Å². The first kappa shape index (κ1) is 22.5. The predicted molar refractivity (Wildman–Crippen MR) is 126 cm³/mol. The number of rotatable bonds is 5. The van der Waals surface area contributed by atoms with E-state index in [1.54, 1.807) is 11.7 Å². The fourth-order valence-electron chi connectivity index (χ4n) is 4.31. The van der Waals surface area contributed by atoms with E-state index in [2.05, 4.69) is 32.0 Å². The number of para-hydroxylation sites is 1. The summed E-state index contributed by atoms with van der Waals surface area (Å²) in [4.78, 5) is 37.4. The number of aromatic nitrogens is 4. The summed E-state index contributed by atoms with van der Waals surface area (Å²) >= 11 is 1.52. The van der Waals surface area contributed by atoms with Gasteiger partial charge in [-0.1, -0.05) is 35.0 Å². The lowest BCUT2D eigenvalue weighted by molar-refractivity contribution is -0.544. The van der Waals surface area contributed by atoms with E-state index in [4.69, 9.17) is 4.99 Å². The molecule has 3 aliphatic heterocycles. The van der Waals surface area contributed by atoms with Gasteiger partial charge in [-0.15, -0.1) is 5.10 Å². The molecule has 2 aromatic rings. The summed E-state index contributed by atoms with van der Waals surface area (Å²) in [7, 11) is 5.29. The number of benzene rings is 1. The molecule has 1 unspecified atom stereocenters. The number of imide groups is 1. The zero-order valence-electron chi connectivity index (χ0n) is 19.4. The number of aliphatic imine (C=N–C) groups is 1. The molecule has 0 spiro atoms. The Morgan fingerprint density at radius 2 is 1.79 bits per heavy atom. The van der Waals surface area contributed by atoms with Crippen LogP contribution in [0.1, 0.15) is 0 Å². The number of hydrogen-bond donors (Lipinski definition) is 0. The highest BCUT2D eigenvalue weighted by Crippen LogP contribution is 2.25. The zero-order valence-corrected chi connectivity index (χ0v) is 20.2. The van der Waals surface area contributed by atoms with Gasteiger partial charge in [0.2, 0.25) is 17.0 Å². The summed E-state index contributed by atoms with van der Waals surface area (Å²) in [5.41, 5.74) is 0.885. The van der Waals surface area contributed by atoms with Gasteiger partial charge in [-0.2, -0.15) is 4.68 Å². The molecule has 1 aromatic carbocycles. The predicted octanol–water partition coefficient (Wildman–Crippen LogP) is -0.325. The van der Waals surface area contributed by atoms with Gasteiger partial charge in [-0.25, -0.2) is 9.69 Å². The van der Waals surface area contributed by atoms with Crippen molar-refractivity contribution in [2.24, 2.45) is 4.99 Å². The minimum absolute atomic E-state index is 0.259. The number of nitrogens with zero attached hydrogens (tertiary/aromatic N) is 10. The molecule has 5 rings (SSSR count). The van der Waals surface area contributed by atoms with Crippen LogP contribution in [-0.2, 0) is 4.79 Å². The Morgan fingerprint density at radius 1 is 1.06 bits per heavy atom. The molecule has 3 amide bonds. The maximum Gasteiger partial charge on any atom is 0.392 e. The second-order valence-electron chi connectivity index (χ2n) is 8.45. The van der Waals surface area contributed by atoms with Crippen molar-refractivity contribution < 1.29 is 14.2 Å². The van der Waals surface area contributed by atoms with Crippen molar-refractivity contribution in [2.45, 2.75) is 11.2 Å². The van der Waals surface area contributed by atoms with Gasteiger partial charge in [0.05, 0.1) is 25.3 Å². The van der Waals surface area contributed by atoms with Gasteiger partial charge in [-0.05, 0) is 29.6 Å². The van der Waals surface area contributed by atoms with E-state index in [0.29, 0.717) is 23.3 Å². The monoisotopic (exact) mass is 483 g/mol. The number of tetrazole rings is 1. The number of carbonyl (C=O) groups excluding carboxylic acids is 2. The number of hydrogen-bond acceptors (Lipinski definition) is 7. The molecule has 12 nitrogen and oxygen atoms in total. The molecule has 1 aromatic heterocycles. The van der Waals surface area contributed by atoms with Crippen molar-refractivity contribution in [2.75, 3.05) is 59.6 Å². The first-order chi connectivity index (χ1) is 16.5. The summed E-state index contributed by atoms with van der Waals surface area (Å²) in [5, 5.41) is 12.8. The number of fused-ring (bicyclic) bond motifs is 1. The van der Waals surface area contributed by atoms with E-state index in [-0.39, 0.29) is 11.9 Å². The smallest absolute Gasteiger partial charge is 0.300 e. The zero-order chi connectivity index (χ0) is 23.8. The highest BCUT2D eigenvalue weighted by Gasteiger charge is 2.55. The molecule has 0 radical (unpaired) electrons. The summed E-state index contributed by atoms with van der Waals surface area (Å²) in [6.45, 7) is 4.00. The van der Waals surface area contributed by atoms with E-state index in [1.807, 2.05) is 35.2 Å². The Labute approximate surface area is 201 Å². The summed E-state index contributed by atoms with van der Waals surface area (Å²) in [6.07, 6.45) is 0. The third-order valence-corrected chi connectivity index (χ3v) is 7.20. The molecule has 4 heterocycles. The molecule has 13 heteroatoms. The van der Waals surface area contributed by atoms with Crippen LogP contribution in [0.15, 0.2) is 40.5 Å². The van der Waals surface area contributed by atoms with E-state index >= 15 is 0 Å². The van der Waals surface area contributed by atoms with Crippen LogP contribution in [0.3, 0.4) is 0 Å². The largest absolute Gasteiger partial charge is 0.392 e. The van der Waals surface area contributed by atoms with Gasteiger partial charge in [0.15, 0.2) is 0 Å². The number of carbonyl (C=O) groups is 2. The molecule has 0 aliphatic carbocycles. The van der Waals surface area contributed by atoms with Crippen LogP contribution in [0.25, 0.3) is 5.69 Å². The van der Waals surface area contributed by atoms with Crippen molar-refractivity contribution in [1.82, 2.24) is 39.8 Å². The first-order valence-electron chi connectivity index (χ1n) is 11.1. The molecule has 178 valence electrons. The molecule has 3 aliphatic rings. The standard InChI is InChI=1S/C21H27N10O2S/c1-26-9-11-29(12-10-26)19-22-17-16(18(32)28(3)21(33)27(17)2)30(19)13-14-34-20-23-24-25-31(20)15-7-5-4-6-8-15/h4-8,16H,9-14H2,1-3H3/q+1. The van der Waals surface area contributed by atoms with Crippen molar-refractivity contribution in [3.05, 3.63) is 30.3 Å². The molecule has 0 saturated carbocycles. The highest BCUT2D eigenvalue weighted by atomic mass is 32.2. The average molecular weight is 484 g/mol. The lowest BCUT2D eigenvalue weighted by Crippen LogP contribution is -2.63. The van der Waals surface area contributed by atoms with E-state index in [1.165, 1.54) is 28.6 Å². The molecule has 0 bridgehead atoms. The van der Waals surface area contributed by atoms with Gasteiger partial charge in [0.25, 0.3) is 5.91 Å². The SMILES string of the molecule is CN1CC[N+](=C2N=C3C(C(=O)N(C)C(=O)N3C)N2CCSc2nnnn2-c2ccccc2)CC1. The molecule has 2 fully saturated rings. The van der Waals surface area contributed by atoms with E-state index in [0.717, 1.165) is 37.8 Å². The van der Waals surface area contributed by atoms with Crippen LogP contribution < -0.4 is 0 Å². The molecular weight excluding hydrogens is 456 g/mol. The summed E-state index contributed by atoms with van der Waals surface area (Å²) < 4.78 is 3.91. The van der Waals surface area contributed by atoms with Gasteiger partial charge >= 0.3 is 12.0 Å². The van der Waals surface area contributed by atoms with Crippen molar-refractivity contribution >= 4 is 35.5 Å². The fraction of sp³-hybridized carbons (Fsp3) is 0.476. The third-order valence-electron chi connectivity index (χ3n) is 6.30.